The molecule has 132 valence electrons. The summed E-state index contributed by atoms with van der Waals surface area (Å²) in [6.07, 6.45) is 3.62. The third-order valence-electron chi connectivity index (χ3n) is 3.71. The largest absolute Gasteiger partial charge is 0.334 e. The predicted octanol–water partition coefficient (Wildman–Crippen LogP) is 3.75. The molecule has 9 heteroatoms. The lowest BCUT2D eigenvalue weighted by molar-refractivity contribution is -0.117. The molecule has 1 aliphatic heterocycles. The number of hydrogen-bond donors (Lipinski definition) is 2. The maximum absolute atomic E-state index is 12.2. The Balaban J connectivity index is 1.43. The average molecular weight is 403 g/mol. The molecule has 1 aliphatic rings. The summed E-state index contributed by atoms with van der Waals surface area (Å²) < 4.78 is 1.99. The van der Waals surface area contributed by atoms with E-state index in [-0.39, 0.29) is 11.1 Å². The summed E-state index contributed by atoms with van der Waals surface area (Å²) in [6.45, 7) is 0. The molecule has 0 aliphatic carbocycles. The monoisotopic (exact) mass is 402 g/mol. The van der Waals surface area contributed by atoms with Gasteiger partial charge in [-0.15, -0.1) is 11.3 Å². The van der Waals surface area contributed by atoms with Crippen molar-refractivity contribution in [3.63, 3.8) is 0 Å². The maximum Gasteiger partial charge on any atom is 0.279 e. The molecule has 1 atom stereocenters. The highest BCUT2D eigenvalue weighted by molar-refractivity contribution is 8.14. The Morgan fingerprint density at radius 2 is 2.31 bits per heavy atom. The molecule has 4 rings (SSSR count). The van der Waals surface area contributed by atoms with Crippen molar-refractivity contribution in [1.29, 1.82) is 0 Å². The van der Waals surface area contributed by atoms with Gasteiger partial charge < -0.3 is 10.6 Å². The van der Waals surface area contributed by atoms with Crippen molar-refractivity contribution in [2.75, 3.05) is 11.1 Å². The Hall–Kier alpha value is -2.10. The molecule has 2 aromatic heterocycles. The number of fused-ring (bicyclic) bond motifs is 1. The second-order valence-corrected chi connectivity index (χ2v) is 8.84. The van der Waals surface area contributed by atoms with E-state index in [9.17, 15) is 9.59 Å². The van der Waals surface area contributed by atoms with Crippen LogP contribution in [0.4, 0.5) is 10.5 Å². The van der Waals surface area contributed by atoms with E-state index in [1.54, 1.807) is 29.3 Å². The van der Waals surface area contributed by atoms with Crippen LogP contribution >= 0.6 is 34.9 Å². The highest BCUT2D eigenvalue weighted by Crippen LogP contribution is 2.32. The predicted molar refractivity (Wildman–Crippen MR) is 107 cm³/mol. The molecule has 6 nitrogen and oxygen atoms in total. The topological polar surface area (TPSA) is 84.0 Å². The fraction of sp³-hybridized carbons (Fsp3) is 0.176. The number of carbonyl (C=O) groups excluding carboxylic acids is 2. The van der Waals surface area contributed by atoms with Crippen LogP contribution in [0.1, 0.15) is 5.56 Å². The first-order chi connectivity index (χ1) is 12.7. The molecule has 0 saturated carbocycles. The van der Waals surface area contributed by atoms with Crippen LogP contribution in [0.15, 0.2) is 47.1 Å². The van der Waals surface area contributed by atoms with Crippen molar-refractivity contribution in [3.05, 3.63) is 48.3 Å². The zero-order valence-electron chi connectivity index (χ0n) is 13.5. The van der Waals surface area contributed by atoms with Gasteiger partial charge >= 0.3 is 0 Å². The summed E-state index contributed by atoms with van der Waals surface area (Å²) in [5.74, 6) is 1.08. The maximum atomic E-state index is 12.2. The average Bonchev–Trinajstić information content (AvgIpc) is 3.26. The van der Waals surface area contributed by atoms with E-state index in [1.807, 2.05) is 36.5 Å². The molecule has 1 unspecified atom stereocenters. The molecule has 0 spiro atoms. The lowest BCUT2D eigenvalue weighted by Gasteiger charge is -2.10. The van der Waals surface area contributed by atoms with Gasteiger partial charge in [-0.1, -0.05) is 29.6 Å². The van der Waals surface area contributed by atoms with Crippen molar-refractivity contribution < 1.29 is 9.59 Å². The summed E-state index contributed by atoms with van der Waals surface area (Å²) in [5.41, 5.74) is 2.77. The quantitative estimate of drug-likeness (QED) is 0.633. The van der Waals surface area contributed by atoms with E-state index in [2.05, 4.69) is 20.6 Å². The number of amides is 2. The van der Waals surface area contributed by atoms with Gasteiger partial charge in [0.15, 0.2) is 4.34 Å². The second kappa shape index (κ2) is 7.65. The minimum absolute atomic E-state index is 0.154. The standard InChI is InChI=1S/C17H14N4O2S3/c22-15(13-9-24-16(23)20-13)19-11-3-4-12-14(6-11)26-17(21-12)25-8-10-2-1-5-18-7-10/h1-7,13H,8-9H2,(H,19,22)(H,20,23). The number of carbonyl (C=O) groups is 2. The molecule has 26 heavy (non-hydrogen) atoms. The van der Waals surface area contributed by atoms with E-state index < -0.39 is 6.04 Å². The Labute approximate surface area is 162 Å². The number of benzene rings is 1. The molecule has 3 aromatic rings. The number of nitrogens with zero attached hydrogens (tertiary/aromatic N) is 2. The molecule has 1 saturated heterocycles. The van der Waals surface area contributed by atoms with Crippen LogP contribution in [0, 0.1) is 0 Å². The summed E-state index contributed by atoms with van der Waals surface area (Å²) in [7, 11) is 0. The number of hydrogen-bond acceptors (Lipinski definition) is 7. The van der Waals surface area contributed by atoms with Crippen LogP contribution in [0.2, 0.25) is 0 Å². The van der Waals surface area contributed by atoms with Gasteiger partial charge in [0.05, 0.1) is 10.2 Å². The first kappa shape index (κ1) is 17.3. The van der Waals surface area contributed by atoms with Gasteiger partial charge in [0, 0.05) is 29.6 Å². The summed E-state index contributed by atoms with van der Waals surface area (Å²) >= 11 is 4.39. The van der Waals surface area contributed by atoms with Gasteiger partial charge in [-0.05, 0) is 29.8 Å². The molecule has 3 heterocycles. The minimum Gasteiger partial charge on any atom is -0.334 e. The molecule has 1 fully saturated rings. The van der Waals surface area contributed by atoms with Crippen LogP contribution in [0.5, 0.6) is 0 Å². The molecule has 2 N–H and O–H groups in total. The first-order valence-corrected chi connectivity index (χ1v) is 10.6. The molecule has 0 bridgehead atoms. The van der Waals surface area contributed by atoms with Crippen molar-refractivity contribution in [2.24, 2.45) is 0 Å². The van der Waals surface area contributed by atoms with Gasteiger partial charge in [-0.3, -0.25) is 14.6 Å². The zero-order valence-corrected chi connectivity index (χ0v) is 15.9. The van der Waals surface area contributed by atoms with Crippen molar-refractivity contribution in [1.82, 2.24) is 15.3 Å². The normalized spacial score (nSPS) is 16.6. The summed E-state index contributed by atoms with van der Waals surface area (Å²) in [5, 5.41) is 5.35. The zero-order chi connectivity index (χ0) is 17.9. The number of thioether (sulfide) groups is 2. The minimum atomic E-state index is -0.477. The highest BCUT2D eigenvalue weighted by atomic mass is 32.2. The number of pyridine rings is 1. The number of rotatable bonds is 5. The van der Waals surface area contributed by atoms with E-state index in [0.717, 1.165) is 37.6 Å². The van der Waals surface area contributed by atoms with Gasteiger partial charge in [-0.25, -0.2) is 4.98 Å². The van der Waals surface area contributed by atoms with E-state index in [0.29, 0.717) is 11.4 Å². The number of nitrogens with one attached hydrogen (secondary N) is 2. The Bertz CT molecular complexity index is 961. The lowest BCUT2D eigenvalue weighted by atomic mass is 10.2. The fourth-order valence-corrected chi connectivity index (χ4v) is 5.25. The smallest absolute Gasteiger partial charge is 0.279 e. The van der Waals surface area contributed by atoms with Gasteiger partial charge in [-0.2, -0.15) is 0 Å². The summed E-state index contributed by atoms with van der Waals surface area (Å²) in [6, 6.07) is 9.14. The van der Waals surface area contributed by atoms with Crippen molar-refractivity contribution >= 4 is 61.9 Å². The van der Waals surface area contributed by atoms with Crippen LogP contribution in [0.25, 0.3) is 10.2 Å². The van der Waals surface area contributed by atoms with Crippen molar-refractivity contribution in [3.8, 4) is 0 Å². The van der Waals surface area contributed by atoms with Gasteiger partial charge in [0.2, 0.25) is 5.91 Å². The Kier molecular flexibility index (Phi) is 5.09. The van der Waals surface area contributed by atoms with E-state index in [1.165, 1.54) is 0 Å². The summed E-state index contributed by atoms with van der Waals surface area (Å²) in [4.78, 5) is 32.2. The van der Waals surface area contributed by atoms with E-state index in [4.69, 9.17) is 0 Å². The Morgan fingerprint density at radius 3 is 3.08 bits per heavy atom. The van der Waals surface area contributed by atoms with Crippen LogP contribution in [0.3, 0.4) is 0 Å². The molecule has 0 radical (unpaired) electrons. The number of anilines is 1. The third-order valence-corrected chi connectivity index (χ3v) is 6.82. The lowest BCUT2D eigenvalue weighted by Crippen LogP contribution is -2.38. The van der Waals surface area contributed by atoms with Crippen LogP contribution in [-0.2, 0) is 10.5 Å². The van der Waals surface area contributed by atoms with E-state index >= 15 is 0 Å². The van der Waals surface area contributed by atoms with Crippen LogP contribution in [-0.4, -0.2) is 32.9 Å². The Morgan fingerprint density at radius 1 is 1.38 bits per heavy atom. The molecular weight excluding hydrogens is 388 g/mol. The SMILES string of the molecule is O=C1NC(C(=O)Nc2ccc3nc(SCc4cccnc4)sc3c2)CS1. The first-order valence-electron chi connectivity index (χ1n) is 7.84. The third kappa shape index (κ3) is 4.00. The second-order valence-electron chi connectivity index (χ2n) is 5.60. The number of thiazole rings is 1. The molecule has 2 amide bonds. The van der Waals surface area contributed by atoms with Crippen LogP contribution < -0.4 is 10.6 Å². The molecular formula is C17H14N4O2S3. The fourth-order valence-electron chi connectivity index (χ4n) is 2.43. The van der Waals surface area contributed by atoms with Crippen molar-refractivity contribution in [2.45, 2.75) is 16.1 Å². The highest BCUT2D eigenvalue weighted by Gasteiger charge is 2.28. The van der Waals surface area contributed by atoms with Gasteiger partial charge in [0.1, 0.15) is 6.04 Å². The van der Waals surface area contributed by atoms with Gasteiger partial charge in [0.25, 0.3) is 5.24 Å². The molecule has 1 aromatic carbocycles. The number of aromatic nitrogens is 2.